The molecule has 7 heteroatoms. The van der Waals surface area contributed by atoms with E-state index in [4.69, 9.17) is 0 Å². The SMILES string of the molecule is Cc1ccc(C)c(S(=O)(=O)N2CCN(c3ncc(C)s3)CC2)c1. The predicted octanol–water partition coefficient (Wildman–Crippen LogP) is 2.58. The van der Waals surface area contributed by atoms with Crippen LogP contribution in [0.1, 0.15) is 16.0 Å². The summed E-state index contributed by atoms with van der Waals surface area (Å²) in [4.78, 5) is 8.15. The first kappa shape index (κ1) is 16.4. The quantitative estimate of drug-likeness (QED) is 0.853. The molecule has 0 amide bonds. The first-order chi connectivity index (χ1) is 10.9. The van der Waals surface area contributed by atoms with Crippen molar-refractivity contribution in [3.8, 4) is 0 Å². The largest absolute Gasteiger partial charge is 0.345 e. The Hall–Kier alpha value is -1.44. The summed E-state index contributed by atoms with van der Waals surface area (Å²) in [6.45, 7) is 8.14. The summed E-state index contributed by atoms with van der Waals surface area (Å²) in [5, 5.41) is 0.978. The fourth-order valence-corrected chi connectivity index (χ4v) is 5.28. The average Bonchev–Trinajstić information content (AvgIpc) is 2.96. The Morgan fingerprint density at radius 2 is 1.78 bits per heavy atom. The van der Waals surface area contributed by atoms with Crippen LogP contribution >= 0.6 is 11.3 Å². The summed E-state index contributed by atoms with van der Waals surface area (Å²) in [5.74, 6) is 0. The number of thiazole rings is 1. The van der Waals surface area contributed by atoms with E-state index in [1.54, 1.807) is 21.7 Å². The molecule has 5 nitrogen and oxygen atoms in total. The van der Waals surface area contributed by atoms with Crippen molar-refractivity contribution in [3.05, 3.63) is 40.4 Å². The van der Waals surface area contributed by atoms with Crippen molar-refractivity contribution in [1.82, 2.24) is 9.29 Å². The lowest BCUT2D eigenvalue weighted by Crippen LogP contribution is -2.48. The first-order valence-corrected chi connectivity index (χ1v) is 9.88. The number of anilines is 1. The Labute approximate surface area is 141 Å². The zero-order valence-corrected chi connectivity index (χ0v) is 15.2. The standard InChI is InChI=1S/C16H21N3O2S2/c1-12-4-5-13(2)15(10-12)23(20,21)19-8-6-18(7-9-19)16-17-11-14(3)22-16/h4-5,10-11H,6-9H2,1-3H3. The number of aryl methyl sites for hydroxylation is 3. The molecule has 0 bridgehead atoms. The molecule has 0 aliphatic carbocycles. The molecular formula is C16H21N3O2S2. The molecule has 0 atom stereocenters. The van der Waals surface area contributed by atoms with Crippen LogP contribution in [0.3, 0.4) is 0 Å². The molecule has 1 fully saturated rings. The second-order valence-corrected chi connectivity index (χ2v) is 9.03. The van der Waals surface area contributed by atoms with E-state index in [-0.39, 0.29) is 0 Å². The molecule has 2 aromatic rings. The van der Waals surface area contributed by atoms with E-state index >= 15 is 0 Å². The van der Waals surface area contributed by atoms with Gasteiger partial charge in [-0.2, -0.15) is 4.31 Å². The van der Waals surface area contributed by atoms with E-state index in [0.29, 0.717) is 31.1 Å². The molecule has 23 heavy (non-hydrogen) atoms. The third-order valence-corrected chi connectivity index (χ3v) is 7.09. The van der Waals surface area contributed by atoms with E-state index in [1.165, 1.54) is 4.88 Å². The molecule has 1 aliphatic heterocycles. The monoisotopic (exact) mass is 351 g/mol. The lowest BCUT2D eigenvalue weighted by atomic mass is 10.2. The van der Waals surface area contributed by atoms with Crippen LogP contribution in [0.15, 0.2) is 29.3 Å². The van der Waals surface area contributed by atoms with Crippen LogP contribution in [-0.2, 0) is 10.0 Å². The highest BCUT2D eigenvalue weighted by Gasteiger charge is 2.30. The molecule has 0 N–H and O–H groups in total. The second kappa shape index (κ2) is 6.22. The summed E-state index contributed by atoms with van der Waals surface area (Å²) < 4.78 is 27.4. The lowest BCUT2D eigenvalue weighted by molar-refractivity contribution is 0.384. The average molecular weight is 351 g/mol. The maximum Gasteiger partial charge on any atom is 0.243 e. The molecule has 0 unspecified atom stereocenters. The van der Waals surface area contributed by atoms with Gasteiger partial charge in [-0.3, -0.25) is 0 Å². The van der Waals surface area contributed by atoms with Gasteiger partial charge in [-0.25, -0.2) is 13.4 Å². The minimum atomic E-state index is -3.43. The van der Waals surface area contributed by atoms with Crippen LogP contribution in [-0.4, -0.2) is 43.9 Å². The number of rotatable bonds is 3. The van der Waals surface area contributed by atoms with E-state index in [2.05, 4.69) is 9.88 Å². The van der Waals surface area contributed by atoms with Gasteiger partial charge in [0.05, 0.1) is 4.90 Å². The topological polar surface area (TPSA) is 53.5 Å². The summed E-state index contributed by atoms with van der Waals surface area (Å²) in [5.41, 5.74) is 1.76. The van der Waals surface area contributed by atoms with Crippen molar-refractivity contribution >= 4 is 26.5 Å². The first-order valence-electron chi connectivity index (χ1n) is 7.63. The van der Waals surface area contributed by atoms with Crippen molar-refractivity contribution in [3.63, 3.8) is 0 Å². The zero-order chi connectivity index (χ0) is 16.6. The minimum absolute atomic E-state index is 0.427. The highest BCUT2D eigenvalue weighted by Crippen LogP contribution is 2.26. The number of sulfonamides is 1. The van der Waals surface area contributed by atoms with Gasteiger partial charge in [0.1, 0.15) is 0 Å². The predicted molar refractivity (Wildman–Crippen MR) is 93.7 cm³/mol. The number of piperazine rings is 1. The molecular weight excluding hydrogens is 330 g/mol. The minimum Gasteiger partial charge on any atom is -0.345 e. The maximum atomic E-state index is 12.9. The highest BCUT2D eigenvalue weighted by atomic mass is 32.2. The molecule has 1 saturated heterocycles. The van der Waals surface area contributed by atoms with Gasteiger partial charge >= 0.3 is 0 Å². The molecule has 0 spiro atoms. The molecule has 2 heterocycles. The number of nitrogens with zero attached hydrogens (tertiary/aromatic N) is 3. The van der Waals surface area contributed by atoms with Crippen LogP contribution in [0.5, 0.6) is 0 Å². The normalized spacial score (nSPS) is 16.7. The Bertz CT molecular complexity index is 806. The molecule has 1 aliphatic rings. The van der Waals surface area contributed by atoms with Crippen LogP contribution in [0.25, 0.3) is 0 Å². The van der Waals surface area contributed by atoms with Crippen LogP contribution in [0.4, 0.5) is 5.13 Å². The number of hydrogen-bond acceptors (Lipinski definition) is 5. The molecule has 1 aromatic heterocycles. The van der Waals surface area contributed by atoms with Gasteiger partial charge in [0.25, 0.3) is 0 Å². The van der Waals surface area contributed by atoms with Gasteiger partial charge in [-0.05, 0) is 38.0 Å². The molecule has 124 valence electrons. The summed E-state index contributed by atoms with van der Waals surface area (Å²) in [7, 11) is -3.43. The van der Waals surface area contributed by atoms with Gasteiger partial charge in [0.15, 0.2) is 5.13 Å². The van der Waals surface area contributed by atoms with Gasteiger partial charge in [0.2, 0.25) is 10.0 Å². The lowest BCUT2D eigenvalue weighted by Gasteiger charge is -2.34. The number of benzene rings is 1. The zero-order valence-electron chi connectivity index (χ0n) is 13.6. The van der Waals surface area contributed by atoms with Crippen molar-refractivity contribution < 1.29 is 8.42 Å². The molecule has 0 radical (unpaired) electrons. The number of aromatic nitrogens is 1. The Balaban J connectivity index is 1.77. The van der Waals surface area contributed by atoms with Crippen molar-refractivity contribution in [2.75, 3.05) is 31.1 Å². The third-order valence-electron chi connectivity index (χ3n) is 4.08. The second-order valence-electron chi connectivity index (χ2n) is 5.91. The summed E-state index contributed by atoms with van der Waals surface area (Å²) in [6, 6.07) is 5.58. The molecule has 0 saturated carbocycles. The number of hydrogen-bond donors (Lipinski definition) is 0. The Morgan fingerprint density at radius 3 is 2.39 bits per heavy atom. The van der Waals surface area contributed by atoms with E-state index < -0.39 is 10.0 Å². The van der Waals surface area contributed by atoms with Gasteiger partial charge < -0.3 is 4.90 Å². The van der Waals surface area contributed by atoms with Crippen molar-refractivity contribution in [1.29, 1.82) is 0 Å². The van der Waals surface area contributed by atoms with Gasteiger partial charge in [0, 0.05) is 37.3 Å². The fraction of sp³-hybridized carbons (Fsp3) is 0.438. The van der Waals surface area contributed by atoms with Crippen LogP contribution in [0, 0.1) is 20.8 Å². The van der Waals surface area contributed by atoms with Gasteiger partial charge in [-0.1, -0.05) is 12.1 Å². The Kier molecular flexibility index (Phi) is 4.44. The van der Waals surface area contributed by atoms with Crippen molar-refractivity contribution in [2.45, 2.75) is 25.7 Å². The Morgan fingerprint density at radius 1 is 1.09 bits per heavy atom. The van der Waals surface area contributed by atoms with E-state index in [9.17, 15) is 8.42 Å². The van der Waals surface area contributed by atoms with Crippen LogP contribution < -0.4 is 4.90 Å². The fourth-order valence-electron chi connectivity index (χ4n) is 2.73. The summed E-state index contributed by atoms with van der Waals surface area (Å²) in [6.07, 6.45) is 1.86. The maximum absolute atomic E-state index is 12.9. The third kappa shape index (κ3) is 3.27. The highest BCUT2D eigenvalue weighted by molar-refractivity contribution is 7.89. The molecule has 1 aromatic carbocycles. The van der Waals surface area contributed by atoms with E-state index in [0.717, 1.165) is 16.3 Å². The smallest absolute Gasteiger partial charge is 0.243 e. The molecule has 3 rings (SSSR count). The van der Waals surface area contributed by atoms with Crippen LogP contribution in [0.2, 0.25) is 0 Å². The van der Waals surface area contributed by atoms with E-state index in [1.807, 2.05) is 39.1 Å². The van der Waals surface area contributed by atoms with Gasteiger partial charge in [-0.15, -0.1) is 11.3 Å². The van der Waals surface area contributed by atoms with Crippen molar-refractivity contribution in [2.24, 2.45) is 0 Å². The summed E-state index contributed by atoms with van der Waals surface area (Å²) >= 11 is 1.65.